The number of fused-ring (bicyclic) bond motifs is 1. The normalized spacial score (nSPS) is 16.1. The minimum atomic E-state index is -0.277. The lowest BCUT2D eigenvalue weighted by atomic mass is 10.1. The van der Waals surface area contributed by atoms with Crippen LogP contribution in [-0.2, 0) is 14.4 Å². The maximum absolute atomic E-state index is 13.0. The lowest BCUT2D eigenvalue weighted by Gasteiger charge is -2.29. The van der Waals surface area contributed by atoms with E-state index in [9.17, 15) is 14.4 Å². The van der Waals surface area contributed by atoms with Gasteiger partial charge < -0.3 is 15.5 Å². The number of likely N-dealkylation sites (N-methyl/N-ethyl adjacent to an activating group) is 1. The fraction of sp³-hybridized carbons (Fsp3) is 0.318. The van der Waals surface area contributed by atoms with Crippen molar-refractivity contribution in [2.45, 2.75) is 26.3 Å². The van der Waals surface area contributed by atoms with Crippen LogP contribution >= 0.6 is 0 Å². The summed E-state index contributed by atoms with van der Waals surface area (Å²) in [5.41, 5.74) is 3.08. The van der Waals surface area contributed by atoms with E-state index in [1.54, 1.807) is 22.9 Å². The zero-order valence-electron chi connectivity index (χ0n) is 16.9. The summed E-state index contributed by atoms with van der Waals surface area (Å²) in [7, 11) is 1.73. The van der Waals surface area contributed by atoms with E-state index < -0.39 is 0 Å². The van der Waals surface area contributed by atoms with Gasteiger partial charge in [-0.25, -0.2) is 0 Å². The van der Waals surface area contributed by atoms with Crippen LogP contribution in [0.15, 0.2) is 48.5 Å². The minimum Gasteiger partial charge on any atom is -0.325 e. The molecule has 0 bridgehead atoms. The molecule has 7 nitrogen and oxygen atoms in total. The number of amides is 3. The van der Waals surface area contributed by atoms with Gasteiger partial charge in [0, 0.05) is 18.2 Å². The Morgan fingerprint density at radius 3 is 2.69 bits per heavy atom. The molecule has 0 aliphatic carbocycles. The summed E-state index contributed by atoms with van der Waals surface area (Å²) in [6.07, 6.45) is 0.220. The molecule has 2 aromatic carbocycles. The summed E-state index contributed by atoms with van der Waals surface area (Å²) in [4.78, 5) is 40.7. The van der Waals surface area contributed by atoms with Crippen LogP contribution in [0.5, 0.6) is 0 Å². The van der Waals surface area contributed by atoms with Crippen molar-refractivity contribution in [1.82, 2.24) is 4.90 Å². The molecular formula is C22H26N4O3. The predicted molar refractivity (Wildman–Crippen MR) is 114 cm³/mol. The highest BCUT2D eigenvalue weighted by molar-refractivity contribution is 6.05. The van der Waals surface area contributed by atoms with E-state index >= 15 is 0 Å². The van der Waals surface area contributed by atoms with Crippen molar-refractivity contribution in [3.05, 3.63) is 54.1 Å². The predicted octanol–water partition coefficient (Wildman–Crippen LogP) is 2.63. The Hall–Kier alpha value is -3.19. The Morgan fingerprint density at radius 2 is 1.93 bits per heavy atom. The van der Waals surface area contributed by atoms with Gasteiger partial charge in [0.15, 0.2) is 0 Å². The highest BCUT2D eigenvalue weighted by Crippen LogP contribution is 2.31. The average molecular weight is 394 g/mol. The van der Waals surface area contributed by atoms with Crippen molar-refractivity contribution in [1.29, 1.82) is 0 Å². The lowest BCUT2D eigenvalue weighted by molar-refractivity contribution is -0.121. The van der Waals surface area contributed by atoms with E-state index in [1.807, 2.05) is 56.3 Å². The topological polar surface area (TPSA) is 81.8 Å². The third-order valence-electron chi connectivity index (χ3n) is 4.75. The molecule has 1 heterocycles. The van der Waals surface area contributed by atoms with Crippen molar-refractivity contribution in [3.8, 4) is 0 Å². The van der Waals surface area contributed by atoms with Gasteiger partial charge in [0.1, 0.15) is 0 Å². The number of carbonyl (C=O) groups excluding carboxylic acids is 3. The van der Waals surface area contributed by atoms with Crippen LogP contribution in [0.4, 0.5) is 17.1 Å². The van der Waals surface area contributed by atoms with Crippen LogP contribution in [0.1, 0.15) is 18.9 Å². The fourth-order valence-corrected chi connectivity index (χ4v) is 3.50. The van der Waals surface area contributed by atoms with E-state index in [0.717, 1.165) is 11.3 Å². The number of nitrogens with zero attached hydrogens (tertiary/aromatic N) is 2. The monoisotopic (exact) mass is 394 g/mol. The first-order valence-electron chi connectivity index (χ1n) is 9.59. The molecule has 0 saturated heterocycles. The van der Waals surface area contributed by atoms with Crippen molar-refractivity contribution in [3.63, 3.8) is 0 Å². The molecule has 0 saturated carbocycles. The standard InChI is InChI=1S/C22H26N4O3/c1-15-7-6-8-17(11-15)23-21(28)13-25(3)14-22(29)26-16(2)12-20(27)24-18-9-4-5-10-19(18)26/h4-11,16H,12-14H2,1-3H3,(H,23,28)(H,24,27). The molecule has 152 valence electrons. The molecule has 1 unspecified atom stereocenters. The second kappa shape index (κ2) is 8.87. The Balaban J connectivity index is 1.65. The van der Waals surface area contributed by atoms with E-state index in [1.165, 1.54) is 0 Å². The number of hydrogen-bond donors (Lipinski definition) is 2. The average Bonchev–Trinajstić information content (AvgIpc) is 2.75. The molecule has 0 radical (unpaired) electrons. The molecule has 1 atom stereocenters. The van der Waals surface area contributed by atoms with E-state index in [0.29, 0.717) is 11.4 Å². The van der Waals surface area contributed by atoms with Crippen LogP contribution in [0.3, 0.4) is 0 Å². The van der Waals surface area contributed by atoms with Gasteiger partial charge in [-0.05, 0) is 50.7 Å². The number of nitrogens with one attached hydrogen (secondary N) is 2. The minimum absolute atomic E-state index is 0.0636. The molecule has 2 N–H and O–H groups in total. The quantitative estimate of drug-likeness (QED) is 0.817. The maximum atomic E-state index is 13.0. The zero-order valence-corrected chi connectivity index (χ0v) is 16.9. The highest BCUT2D eigenvalue weighted by Gasteiger charge is 2.30. The highest BCUT2D eigenvalue weighted by atomic mass is 16.2. The number of anilines is 3. The number of hydrogen-bond acceptors (Lipinski definition) is 4. The number of rotatable bonds is 5. The molecule has 3 rings (SSSR count). The summed E-state index contributed by atoms with van der Waals surface area (Å²) in [6, 6.07) is 14.5. The van der Waals surface area contributed by atoms with Gasteiger partial charge in [-0.3, -0.25) is 19.3 Å². The van der Waals surface area contributed by atoms with Gasteiger partial charge in [0.05, 0.1) is 24.5 Å². The van der Waals surface area contributed by atoms with Gasteiger partial charge in [-0.15, -0.1) is 0 Å². The molecule has 7 heteroatoms. The summed E-state index contributed by atoms with van der Waals surface area (Å²) in [6.45, 7) is 3.96. The molecule has 2 aromatic rings. The Bertz CT molecular complexity index is 928. The zero-order chi connectivity index (χ0) is 21.0. The van der Waals surface area contributed by atoms with Crippen molar-refractivity contribution in [2.75, 3.05) is 35.7 Å². The van der Waals surface area contributed by atoms with E-state index in [4.69, 9.17) is 0 Å². The second-order valence-electron chi connectivity index (χ2n) is 7.47. The maximum Gasteiger partial charge on any atom is 0.241 e. The van der Waals surface area contributed by atoms with Crippen LogP contribution in [0.25, 0.3) is 0 Å². The molecule has 0 fully saturated rings. The molecule has 1 aliphatic heterocycles. The third kappa shape index (κ3) is 5.20. The Morgan fingerprint density at radius 1 is 1.17 bits per heavy atom. The largest absolute Gasteiger partial charge is 0.325 e. The number of benzene rings is 2. The van der Waals surface area contributed by atoms with Crippen LogP contribution in [0.2, 0.25) is 0 Å². The van der Waals surface area contributed by atoms with Gasteiger partial charge in [-0.2, -0.15) is 0 Å². The smallest absolute Gasteiger partial charge is 0.241 e. The van der Waals surface area contributed by atoms with Crippen LogP contribution < -0.4 is 15.5 Å². The molecule has 1 aliphatic rings. The summed E-state index contributed by atoms with van der Waals surface area (Å²) < 4.78 is 0. The van der Waals surface area contributed by atoms with E-state index in [2.05, 4.69) is 10.6 Å². The van der Waals surface area contributed by atoms with Crippen LogP contribution in [0, 0.1) is 6.92 Å². The molecular weight excluding hydrogens is 368 g/mol. The number of aryl methyl sites for hydroxylation is 1. The number of carbonyl (C=O) groups is 3. The molecule has 0 aromatic heterocycles. The van der Waals surface area contributed by atoms with Gasteiger partial charge in [0.2, 0.25) is 17.7 Å². The first-order chi connectivity index (χ1) is 13.8. The fourth-order valence-electron chi connectivity index (χ4n) is 3.50. The van der Waals surface area contributed by atoms with Crippen LogP contribution in [-0.4, -0.2) is 48.8 Å². The molecule has 29 heavy (non-hydrogen) atoms. The molecule has 3 amide bonds. The SMILES string of the molecule is Cc1cccc(NC(=O)CN(C)CC(=O)N2c3ccccc3NC(=O)CC2C)c1. The summed E-state index contributed by atoms with van der Waals surface area (Å²) >= 11 is 0. The summed E-state index contributed by atoms with van der Waals surface area (Å²) in [5, 5.41) is 5.69. The van der Waals surface area contributed by atoms with Crippen molar-refractivity contribution in [2.24, 2.45) is 0 Å². The lowest BCUT2D eigenvalue weighted by Crippen LogP contribution is -2.45. The third-order valence-corrected chi connectivity index (χ3v) is 4.75. The van der Waals surface area contributed by atoms with E-state index in [-0.39, 0.29) is 43.3 Å². The first kappa shape index (κ1) is 20.5. The Kier molecular flexibility index (Phi) is 6.29. The van der Waals surface area contributed by atoms with Crippen molar-refractivity contribution < 1.29 is 14.4 Å². The van der Waals surface area contributed by atoms with Crippen molar-refractivity contribution >= 4 is 34.8 Å². The molecule has 0 spiro atoms. The number of para-hydroxylation sites is 2. The van der Waals surface area contributed by atoms with Gasteiger partial charge >= 0.3 is 0 Å². The Labute approximate surface area is 170 Å². The second-order valence-corrected chi connectivity index (χ2v) is 7.47. The van der Waals surface area contributed by atoms with Gasteiger partial charge in [0.25, 0.3) is 0 Å². The summed E-state index contributed by atoms with van der Waals surface area (Å²) in [5.74, 6) is -0.467. The van der Waals surface area contributed by atoms with Gasteiger partial charge in [-0.1, -0.05) is 24.3 Å². The first-order valence-corrected chi connectivity index (χ1v) is 9.59.